The van der Waals surface area contributed by atoms with E-state index in [1.807, 2.05) is 0 Å². The normalized spacial score (nSPS) is 10.5. The van der Waals surface area contributed by atoms with Crippen molar-refractivity contribution in [1.29, 1.82) is 0 Å². The van der Waals surface area contributed by atoms with E-state index in [4.69, 9.17) is 5.11 Å². The standard InChI is InChI=1S/C10H6FNO3/c11-5-2-1-3-6-8(5)9(10(14)15)7(4-13)12-6/h1-4,12H,(H,14,15). The minimum absolute atomic E-state index is 0.0629. The van der Waals surface area contributed by atoms with Crippen molar-refractivity contribution in [2.45, 2.75) is 0 Å². The van der Waals surface area contributed by atoms with Gasteiger partial charge in [-0.1, -0.05) is 6.07 Å². The Kier molecular flexibility index (Phi) is 2.00. The van der Waals surface area contributed by atoms with E-state index in [0.29, 0.717) is 11.8 Å². The highest BCUT2D eigenvalue weighted by Gasteiger charge is 2.19. The Bertz CT molecular complexity index is 559. The minimum Gasteiger partial charge on any atom is -0.478 e. The lowest BCUT2D eigenvalue weighted by atomic mass is 10.1. The largest absolute Gasteiger partial charge is 0.478 e. The minimum atomic E-state index is -1.33. The van der Waals surface area contributed by atoms with Gasteiger partial charge in [0.25, 0.3) is 0 Å². The average Bonchev–Trinajstić information content (AvgIpc) is 2.57. The Balaban J connectivity index is 2.94. The van der Waals surface area contributed by atoms with Crippen LogP contribution in [0.25, 0.3) is 10.9 Å². The molecule has 5 heteroatoms. The number of aromatic nitrogens is 1. The molecule has 0 aliphatic carbocycles. The second-order valence-electron chi connectivity index (χ2n) is 3.00. The van der Waals surface area contributed by atoms with Crippen LogP contribution in [-0.2, 0) is 0 Å². The summed E-state index contributed by atoms with van der Waals surface area (Å²) in [7, 11) is 0. The number of aromatic amines is 1. The number of hydrogen-bond donors (Lipinski definition) is 2. The number of fused-ring (bicyclic) bond motifs is 1. The number of carboxylic acid groups (broad SMARTS) is 1. The van der Waals surface area contributed by atoms with E-state index in [2.05, 4.69) is 4.98 Å². The molecule has 0 saturated heterocycles. The first-order chi connectivity index (χ1) is 7.15. The fraction of sp³-hybridized carbons (Fsp3) is 0. The maximum absolute atomic E-state index is 13.4. The monoisotopic (exact) mass is 207 g/mol. The first kappa shape index (κ1) is 9.39. The summed E-state index contributed by atoms with van der Waals surface area (Å²) in [5.74, 6) is -1.98. The molecule has 2 aromatic rings. The Hall–Kier alpha value is -2.17. The molecular formula is C10H6FNO3. The van der Waals surface area contributed by atoms with E-state index in [-0.39, 0.29) is 16.6 Å². The Morgan fingerprint density at radius 1 is 1.47 bits per heavy atom. The molecule has 0 aliphatic rings. The van der Waals surface area contributed by atoms with Crippen molar-refractivity contribution >= 4 is 23.2 Å². The number of carbonyl (C=O) groups is 2. The van der Waals surface area contributed by atoms with Crippen molar-refractivity contribution in [3.63, 3.8) is 0 Å². The number of carbonyl (C=O) groups excluding carboxylic acids is 1. The lowest BCUT2D eigenvalue weighted by Crippen LogP contribution is -2.00. The predicted octanol–water partition coefficient (Wildman–Crippen LogP) is 1.82. The second kappa shape index (κ2) is 3.20. The van der Waals surface area contributed by atoms with E-state index in [0.717, 1.165) is 6.07 Å². The zero-order valence-corrected chi connectivity index (χ0v) is 7.45. The maximum Gasteiger partial charge on any atom is 0.338 e. The smallest absolute Gasteiger partial charge is 0.338 e. The number of benzene rings is 1. The van der Waals surface area contributed by atoms with Gasteiger partial charge < -0.3 is 10.1 Å². The average molecular weight is 207 g/mol. The summed E-state index contributed by atoms with van der Waals surface area (Å²) in [5.41, 5.74) is -0.143. The van der Waals surface area contributed by atoms with Crippen LogP contribution in [0.15, 0.2) is 18.2 Å². The van der Waals surface area contributed by atoms with Crippen molar-refractivity contribution < 1.29 is 19.1 Å². The molecule has 2 rings (SSSR count). The van der Waals surface area contributed by atoms with Crippen molar-refractivity contribution in [2.75, 3.05) is 0 Å². The van der Waals surface area contributed by atoms with Crippen LogP contribution < -0.4 is 0 Å². The van der Waals surface area contributed by atoms with Crippen LogP contribution in [0.1, 0.15) is 20.8 Å². The summed E-state index contributed by atoms with van der Waals surface area (Å²) in [4.78, 5) is 24.0. The molecule has 0 radical (unpaired) electrons. The van der Waals surface area contributed by atoms with Gasteiger partial charge in [-0.15, -0.1) is 0 Å². The number of aromatic carboxylic acids is 1. The molecule has 1 aromatic carbocycles. The summed E-state index contributed by atoms with van der Waals surface area (Å²) in [5, 5.41) is 8.80. The summed E-state index contributed by atoms with van der Waals surface area (Å²) >= 11 is 0. The number of H-pyrrole nitrogens is 1. The third-order valence-electron chi connectivity index (χ3n) is 2.13. The molecule has 0 aliphatic heterocycles. The van der Waals surface area contributed by atoms with Crippen molar-refractivity contribution in [3.05, 3.63) is 35.3 Å². The number of hydrogen-bond acceptors (Lipinski definition) is 2. The van der Waals surface area contributed by atoms with Gasteiger partial charge in [0.1, 0.15) is 5.82 Å². The van der Waals surface area contributed by atoms with Gasteiger partial charge in [-0.3, -0.25) is 4.79 Å². The van der Waals surface area contributed by atoms with E-state index in [1.54, 1.807) is 0 Å². The van der Waals surface area contributed by atoms with Crippen LogP contribution in [0.3, 0.4) is 0 Å². The number of nitrogens with one attached hydrogen (secondary N) is 1. The van der Waals surface area contributed by atoms with Gasteiger partial charge in [0.2, 0.25) is 0 Å². The first-order valence-electron chi connectivity index (χ1n) is 4.14. The SMILES string of the molecule is O=Cc1[nH]c2cccc(F)c2c1C(=O)O. The van der Waals surface area contributed by atoms with Crippen molar-refractivity contribution in [3.8, 4) is 0 Å². The van der Waals surface area contributed by atoms with E-state index >= 15 is 0 Å². The zero-order valence-electron chi connectivity index (χ0n) is 7.45. The Morgan fingerprint density at radius 2 is 2.20 bits per heavy atom. The van der Waals surface area contributed by atoms with Gasteiger partial charge in [-0.05, 0) is 12.1 Å². The number of aldehydes is 1. The predicted molar refractivity (Wildman–Crippen MR) is 50.6 cm³/mol. The van der Waals surface area contributed by atoms with Gasteiger partial charge >= 0.3 is 5.97 Å². The van der Waals surface area contributed by atoms with Crippen LogP contribution in [-0.4, -0.2) is 22.3 Å². The van der Waals surface area contributed by atoms with Crippen LogP contribution in [0.5, 0.6) is 0 Å². The molecule has 2 N–H and O–H groups in total. The fourth-order valence-electron chi connectivity index (χ4n) is 1.54. The highest BCUT2D eigenvalue weighted by Crippen LogP contribution is 2.24. The molecule has 0 bridgehead atoms. The number of halogens is 1. The molecule has 1 heterocycles. The zero-order chi connectivity index (χ0) is 11.0. The second-order valence-corrected chi connectivity index (χ2v) is 3.00. The van der Waals surface area contributed by atoms with Crippen molar-refractivity contribution in [2.24, 2.45) is 0 Å². The quantitative estimate of drug-likeness (QED) is 0.738. The van der Waals surface area contributed by atoms with Gasteiger partial charge in [-0.25, -0.2) is 9.18 Å². The molecule has 0 atom stereocenters. The topological polar surface area (TPSA) is 70.2 Å². The van der Waals surface area contributed by atoms with Crippen molar-refractivity contribution in [1.82, 2.24) is 4.98 Å². The van der Waals surface area contributed by atoms with Gasteiger partial charge in [0, 0.05) is 5.52 Å². The highest BCUT2D eigenvalue weighted by molar-refractivity contribution is 6.09. The molecule has 76 valence electrons. The molecule has 15 heavy (non-hydrogen) atoms. The Morgan fingerprint density at radius 3 is 2.80 bits per heavy atom. The van der Waals surface area contributed by atoms with Gasteiger partial charge in [0.15, 0.2) is 6.29 Å². The summed E-state index contributed by atoms with van der Waals surface area (Å²) in [6.07, 6.45) is 0.364. The maximum atomic E-state index is 13.4. The molecule has 0 saturated carbocycles. The Labute approximate surface area is 83.3 Å². The number of rotatable bonds is 2. The first-order valence-corrected chi connectivity index (χ1v) is 4.14. The van der Waals surface area contributed by atoms with Crippen LogP contribution in [0, 0.1) is 5.82 Å². The van der Waals surface area contributed by atoms with Gasteiger partial charge in [-0.2, -0.15) is 0 Å². The molecule has 1 aromatic heterocycles. The highest BCUT2D eigenvalue weighted by atomic mass is 19.1. The van der Waals surface area contributed by atoms with Crippen LogP contribution in [0.4, 0.5) is 4.39 Å². The summed E-state index contributed by atoms with van der Waals surface area (Å²) in [6.45, 7) is 0. The lowest BCUT2D eigenvalue weighted by Gasteiger charge is -1.94. The number of carboxylic acids is 1. The fourth-order valence-corrected chi connectivity index (χ4v) is 1.54. The van der Waals surface area contributed by atoms with E-state index in [1.165, 1.54) is 12.1 Å². The third-order valence-corrected chi connectivity index (χ3v) is 2.13. The molecule has 4 nitrogen and oxygen atoms in total. The molecular weight excluding hydrogens is 201 g/mol. The molecule has 0 fully saturated rings. The van der Waals surface area contributed by atoms with Crippen LogP contribution in [0.2, 0.25) is 0 Å². The third kappa shape index (κ3) is 1.28. The summed E-state index contributed by atoms with van der Waals surface area (Å²) < 4.78 is 13.4. The van der Waals surface area contributed by atoms with E-state index in [9.17, 15) is 14.0 Å². The molecule has 0 unspecified atom stereocenters. The lowest BCUT2D eigenvalue weighted by molar-refractivity contribution is 0.0696. The van der Waals surface area contributed by atoms with Crippen LogP contribution >= 0.6 is 0 Å². The molecule has 0 spiro atoms. The van der Waals surface area contributed by atoms with Gasteiger partial charge in [0.05, 0.1) is 16.6 Å². The van der Waals surface area contributed by atoms with E-state index < -0.39 is 11.8 Å². The molecule has 0 amide bonds. The summed E-state index contributed by atoms with van der Waals surface area (Å²) in [6, 6.07) is 4.10.